The van der Waals surface area contributed by atoms with Gasteiger partial charge in [-0.05, 0) is 38.5 Å². The molecule has 0 amide bonds. The van der Waals surface area contributed by atoms with Crippen molar-refractivity contribution in [1.82, 2.24) is 0 Å². The van der Waals surface area contributed by atoms with Gasteiger partial charge in [0.2, 0.25) is 0 Å². The highest BCUT2D eigenvalue weighted by atomic mass is 31.2. The van der Waals surface area contributed by atoms with Crippen molar-refractivity contribution < 1.29 is 42.1 Å². The van der Waals surface area contributed by atoms with Crippen molar-refractivity contribution >= 4 is 19.8 Å². The number of esters is 2. The molecule has 0 bridgehead atoms. The fourth-order valence-corrected chi connectivity index (χ4v) is 4.27. The van der Waals surface area contributed by atoms with Crippen LogP contribution in [0, 0.1) is 0 Å². The number of quaternary nitrogens is 1. The maximum atomic E-state index is 12.3. The minimum absolute atomic E-state index is 0.0353. The largest absolute Gasteiger partial charge is 0.756 e. The summed E-state index contributed by atoms with van der Waals surface area (Å²) in [5.41, 5.74) is 0. The summed E-state index contributed by atoms with van der Waals surface area (Å²) in [7, 11) is 1.14. The molecule has 0 aliphatic carbocycles. The van der Waals surface area contributed by atoms with Crippen molar-refractivity contribution in [3.05, 3.63) is 24.3 Å². The Balaban J connectivity index is 4.16. The van der Waals surface area contributed by atoms with Gasteiger partial charge in [-0.2, -0.15) is 0 Å². The first-order chi connectivity index (χ1) is 19.0. The molecule has 234 valence electrons. The Kier molecular flexibility index (Phi) is 23.2. The Hall–Kier alpha value is -1.51. The Bertz CT molecular complexity index is 763. The highest BCUT2D eigenvalue weighted by molar-refractivity contribution is 7.45. The first-order valence-corrected chi connectivity index (χ1v) is 16.5. The molecule has 0 fully saturated rings. The van der Waals surface area contributed by atoms with Crippen LogP contribution < -0.4 is 4.89 Å². The molecule has 0 aromatic heterocycles. The van der Waals surface area contributed by atoms with Crippen LogP contribution in [0.1, 0.15) is 104 Å². The topological polar surface area (TPSA) is 111 Å². The number of allylic oxidation sites excluding steroid dienone is 4. The molecule has 0 saturated heterocycles. The lowest BCUT2D eigenvalue weighted by Crippen LogP contribution is -2.37. The fraction of sp³-hybridized carbons (Fsp3) is 0.800. The number of hydrogen-bond donors (Lipinski definition) is 0. The molecule has 0 aromatic carbocycles. The lowest BCUT2D eigenvalue weighted by atomic mass is 10.1. The van der Waals surface area contributed by atoms with E-state index in [-0.39, 0.29) is 26.1 Å². The fourth-order valence-electron chi connectivity index (χ4n) is 3.54. The minimum atomic E-state index is -4.58. The third-order valence-electron chi connectivity index (χ3n) is 6.03. The predicted octanol–water partition coefficient (Wildman–Crippen LogP) is 6.26. The molecule has 2 atom stereocenters. The number of likely N-dealkylation sites (N-methyl/N-ethyl adjacent to an activating group) is 1. The molecule has 9 nitrogen and oxygen atoms in total. The summed E-state index contributed by atoms with van der Waals surface area (Å²) in [5, 5.41) is 0. The molecule has 10 heteroatoms. The Morgan fingerprint density at radius 1 is 0.800 bits per heavy atom. The number of hydrogen-bond acceptors (Lipinski definition) is 8. The number of nitrogens with zero attached hydrogens (tertiary/aromatic N) is 1. The number of carbonyl (C=O) groups excluding carboxylic acids is 2. The van der Waals surface area contributed by atoms with Crippen LogP contribution in [0.5, 0.6) is 0 Å². The van der Waals surface area contributed by atoms with E-state index in [2.05, 4.69) is 31.2 Å². The lowest BCUT2D eigenvalue weighted by molar-refractivity contribution is -0.870. The second-order valence-corrected chi connectivity index (χ2v) is 12.5. The standard InChI is InChI=1S/C30H56NO8P/c1-6-8-9-10-11-12-13-14-15-16-17-18-19-20-21-22-23-30(33)39-28(26-36-29(32)7-2)27-38-40(34,35)37-25-24-31(3,4)5/h12-13,15-16,28H,6-11,14,17-27H2,1-5H3/b13-12-,16-15-. The third kappa shape index (κ3) is 26.7. The first-order valence-electron chi connectivity index (χ1n) is 15.0. The van der Waals surface area contributed by atoms with Crippen molar-refractivity contribution in [3.63, 3.8) is 0 Å². The second kappa shape index (κ2) is 24.1. The SMILES string of the molecule is CCCCCC/C=C\C/C=C\CCCCCCCC(=O)OC(COC(=O)CC)COP(=O)([O-])OCC[N+](C)(C)C. The molecule has 2 unspecified atom stereocenters. The summed E-state index contributed by atoms with van der Waals surface area (Å²) < 4.78 is 32.8. The summed E-state index contributed by atoms with van der Waals surface area (Å²) in [6.07, 6.45) is 21.6. The summed E-state index contributed by atoms with van der Waals surface area (Å²) in [6, 6.07) is 0. The lowest BCUT2D eigenvalue weighted by Gasteiger charge is -2.28. The van der Waals surface area contributed by atoms with E-state index in [1.165, 1.54) is 32.1 Å². The average Bonchev–Trinajstić information content (AvgIpc) is 2.88. The molecule has 0 radical (unpaired) electrons. The molecule has 0 N–H and O–H groups in total. The van der Waals surface area contributed by atoms with Crippen molar-refractivity contribution in [1.29, 1.82) is 0 Å². The van der Waals surface area contributed by atoms with Crippen LogP contribution in [0.4, 0.5) is 0 Å². The van der Waals surface area contributed by atoms with Gasteiger partial charge in [-0.15, -0.1) is 0 Å². The van der Waals surface area contributed by atoms with Crippen LogP contribution in [0.15, 0.2) is 24.3 Å². The van der Waals surface area contributed by atoms with Crippen LogP contribution in [0.3, 0.4) is 0 Å². The Labute approximate surface area is 243 Å². The zero-order valence-corrected chi connectivity index (χ0v) is 26.7. The van der Waals surface area contributed by atoms with Crippen molar-refractivity contribution in [3.8, 4) is 0 Å². The van der Waals surface area contributed by atoms with E-state index >= 15 is 0 Å². The van der Waals surface area contributed by atoms with E-state index in [0.29, 0.717) is 17.4 Å². The Morgan fingerprint density at radius 2 is 1.40 bits per heavy atom. The zero-order chi connectivity index (χ0) is 30.1. The van der Waals surface area contributed by atoms with Gasteiger partial charge >= 0.3 is 11.9 Å². The second-order valence-electron chi connectivity index (χ2n) is 11.1. The third-order valence-corrected chi connectivity index (χ3v) is 6.99. The van der Waals surface area contributed by atoms with Crippen LogP contribution in [0.25, 0.3) is 0 Å². The van der Waals surface area contributed by atoms with Gasteiger partial charge in [0.15, 0.2) is 6.10 Å². The maximum absolute atomic E-state index is 12.3. The maximum Gasteiger partial charge on any atom is 0.306 e. The van der Waals surface area contributed by atoms with Crippen molar-refractivity contribution in [2.75, 3.05) is 47.5 Å². The van der Waals surface area contributed by atoms with Crippen molar-refractivity contribution in [2.45, 2.75) is 110 Å². The summed E-state index contributed by atoms with van der Waals surface area (Å²) >= 11 is 0. The van der Waals surface area contributed by atoms with E-state index < -0.39 is 32.5 Å². The van der Waals surface area contributed by atoms with Gasteiger partial charge in [-0.25, -0.2) is 0 Å². The Morgan fingerprint density at radius 3 is 2.00 bits per heavy atom. The number of phosphoric acid groups is 1. The van der Waals surface area contributed by atoms with E-state index in [4.69, 9.17) is 18.5 Å². The molecule has 0 aliphatic heterocycles. The van der Waals surface area contributed by atoms with Crippen LogP contribution in [-0.4, -0.2) is 70.0 Å². The monoisotopic (exact) mass is 589 g/mol. The highest BCUT2D eigenvalue weighted by Crippen LogP contribution is 2.38. The summed E-state index contributed by atoms with van der Waals surface area (Å²) in [5.74, 6) is -0.955. The minimum Gasteiger partial charge on any atom is -0.756 e. The van der Waals surface area contributed by atoms with Gasteiger partial charge in [0.05, 0.1) is 27.7 Å². The quantitative estimate of drug-likeness (QED) is 0.0382. The molecule has 0 saturated carbocycles. The highest BCUT2D eigenvalue weighted by Gasteiger charge is 2.21. The van der Waals surface area contributed by atoms with Crippen LogP contribution in [-0.2, 0) is 32.7 Å². The first kappa shape index (κ1) is 38.5. The number of unbranched alkanes of at least 4 members (excludes halogenated alkanes) is 9. The zero-order valence-electron chi connectivity index (χ0n) is 25.8. The van der Waals surface area contributed by atoms with Gasteiger partial charge in [-0.1, -0.05) is 76.7 Å². The van der Waals surface area contributed by atoms with Crippen LogP contribution in [0.2, 0.25) is 0 Å². The summed E-state index contributed by atoms with van der Waals surface area (Å²) in [6.45, 7) is 3.55. The molecule has 0 heterocycles. The number of ether oxygens (including phenoxy) is 2. The normalized spacial score (nSPS) is 14.4. The predicted molar refractivity (Wildman–Crippen MR) is 158 cm³/mol. The molecule has 0 aliphatic rings. The molecule has 0 spiro atoms. The van der Waals surface area contributed by atoms with Gasteiger partial charge in [0.25, 0.3) is 7.82 Å². The molecule has 40 heavy (non-hydrogen) atoms. The van der Waals surface area contributed by atoms with Crippen molar-refractivity contribution in [2.24, 2.45) is 0 Å². The average molecular weight is 590 g/mol. The van der Waals surface area contributed by atoms with Gasteiger partial charge in [0, 0.05) is 12.8 Å². The molecule has 0 aromatic rings. The van der Waals surface area contributed by atoms with E-state index in [9.17, 15) is 19.0 Å². The molecular formula is C30H56NO8P. The van der Waals surface area contributed by atoms with Crippen LogP contribution >= 0.6 is 7.82 Å². The number of phosphoric ester groups is 1. The molecule has 0 rings (SSSR count). The smallest absolute Gasteiger partial charge is 0.306 e. The van der Waals surface area contributed by atoms with Gasteiger partial charge in [-0.3, -0.25) is 14.2 Å². The number of carbonyl (C=O) groups is 2. The van der Waals surface area contributed by atoms with Gasteiger partial charge < -0.3 is 27.9 Å². The van der Waals surface area contributed by atoms with E-state index in [1.54, 1.807) is 6.92 Å². The van der Waals surface area contributed by atoms with E-state index in [0.717, 1.165) is 38.5 Å². The van der Waals surface area contributed by atoms with Gasteiger partial charge in [0.1, 0.15) is 19.8 Å². The van der Waals surface area contributed by atoms with E-state index in [1.807, 2.05) is 21.1 Å². The molecular weight excluding hydrogens is 533 g/mol. The number of rotatable bonds is 26. The summed E-state index contributed by atoms with van der Waals surface area (Å²) in [4.78, 5) is 35.9.